The molecule has 178 valence electrons. The lowest BCUT2D eigenvalue weighted by molar-refractivity contribution is -0.136. The van der Waals surface area contributed by atoms with E-state index in [1.54, 1.807) is 35.2 Å². The van der Waals surface area contributed by atoms with Crippen LogP contribution in [0.2, 0.25) is 0 Å². The van der Waals surface area contributed by atoms with Crippen molar-refractivity contribution >= 4 is 17.6 Å². The Morgan fingerprint density at radius 2 is 1.85 bits per heavy atom. The van der Waals surface area contributed by atoms with Gasteiger partial charge in [0.1, 0.15) is 11.5 Å². The normalized spacial score (nSPS) is 15.7. The van der Waals surface area contributed by atoms with Crippen LogP contribution in [0, 0.1) is 0 Å². The van der Waals surface area contributed by atoms with Gasteiger partial charge in [0.15, 0.2) is 6.10 Å². The average Bonchev–Trinajstić information content (AvgIpc) is 2.75. The molecule has 0 aromatic heterocycles. The van der Waals surface area contributed by atoms with Gasteiger partial charge in [-0.05, 0) is 38.0 Å². The van der Waals surface area contributed by atoms with Gasteiger partial charge in [-0.15, -0.1) is 0 Å². The number of nitrogens with zero attached hydrogens (tertiary/aromatic N) is 1. The van der Waals surface area contributed by atoms with Crippen LogP contribution in [0.5, 0.6) is 11.5 Å². The number of fused-ring (bicyclic) bond motifs is 1. The number of carbonyl (C=O) groups is 2. The number of hydrogen-bond acceptors (Lipinski definition) is 4. The lowest BCUT2D eigenvalue weighted by atomic mass is 10.1. The summed E-state index contributed by atoms with van der Waals surface area (Å²) in [5.41, 5.74) is 1.23. The number of unbranched alkanes of at least 4 members (excludes halogenated alkanes) is 2. The zero-order chi connectivity index (χ0) is 23.8. The molecule has 0 fully saturated rings. The molecule has 1 amide bonds. The number of benzene rings is 2. The van der Waals surface area contributed by atoms with Crippen LogP contribution < -0.4 is 14.4 Å². The number of halogens is 2. The number of rotatable bonds is 12. The van der Waals surface area contributed by atoms with E-state index in [9.17, 15) is 18.4 Å². The third-order valence-electron chi connectivity index (χ3n) is 5.42. The number of carboxylic acid groups (broad SMARTS) is 1. The van der Waals surface area contributed by atoms with Crippen LogP contribution in [0.3, 0.4) is 0 Å². The van der Waals surface area contributed by atoms with Gasteiger partial charge in [-0.2, -0.15) is 0 Å². The van der Waals surface area contributed by atoms with Crippen LogP contribution in [0.15, 0.2) is 48.5 Å². The summed E-state index contributed by atoms with van der Waals surface area (Å²) < 4.78 is 37.7. The lowest BCUT2D eigenvalue weighted by Crippen LogP contribution is -2.47. The van der Waals surface area contributed by atoms with E-state index in [1.807, 2.05) is 18.2 Å². The number of alkyl halides is 2. The van der Waals surface area contributed by atoms with Crippen LogP contribution >= 0.6 is 0 Å². The third kappa shape index (κ3) is 7.17. The summed E-state index contributed by atoms with van der Waals surface area (Å²) in [6.07, 6.45) is 0.840. The van der Waals surface area contributed by atoms with Crippen molar-refractivity contribution in [2.75, 3.05) is 18.1 Å². The minimum Gasteiger partial charge on any atom is -0.493 e. The lowest BCUT2D eigenvalue weighted by Gasteiger charge is -2.34. The molecule has 8 heteroatoms. The van der Waals surface area contributed by atoms with Gasteiger partial charge in [-0.25, -0.2) is 8.78 Å². The number of aliphatic carboxylic acids is 1. The Balaban J connectivity index is 1.60. The van der Waals surface area contributed by atoms with Crippen molar-refractivity contribution in [3.05, 3.63) is 54.1 Å². The van der Waals surface area contributed by atoms with E-state index in [-0.39, 0.29) is 31.8 Å². The third-order valence-corrected chi connectivity index (χ3v) is 5.42. The summed E-state index contributed by atoms with van der Waals surface area (Å²) in [5.74, 6) is -2.76. The van der Waals surface area contributed by atoms with E-state index < -0.39 is 18.0 Å². The Labute approximate surface area is 192 Å². The van der Waals surface area contributed by atoms with Crippen molar-refractivity contribution in [2.24, 2.45) is 0 Å². The van der Waals surface area contributed by atoms with Crippen molar-refractivity contribution in [3.63, 3.8) is 0 Å². The fraction of sp³-hybridized carbons (Fsp3) is 0.440. The number of para-hydroxylation sites is 3. The predicted octanol–water partition coefficient (Wildman–Crippen LogP) is 5.09. The Hall–Kier alpha value is -3.16. The Bertz CT molecular complexity index is 960. The predicted molar refractivity (Wildman–Crippen MR) is 120 cm³/mol. The molecule has 2 aromatic carbocycles. The molecule has 1 aliphatic rings. The maximum Gasteiger partial charge on any atom is 0.307 e. The molecule has 1 aliphatic heterocycles. The number of ether oxygens (including phenoxy) is 2. The Kier molecular flexibility index (Phi) is 8.25. The molecular formula is C25H29F2NO5. The van der Waals surface area contributed by atoms with E-state index in [0.29, 0.717) is 48.6 Å². The van der Waals surface area contributed by atoms with Crippen molar-refractivity contribution in [1.82, 2.24) is 0 Å². The van der Waals surface area contributed by atoms with E-state index in [0.717, 1.165) is 6.92 Å². The molecule has 3 rings (SSSR count). The maximum absolute atomic E-state index is 13.1. The monoisotopic (exact) mass is 461 g/mol. The van der Waals surface area contributed by atoms with Gasteiger partial charge in [-0.1, -0.05) is 36.8 Å². The van der Waals surface area contributed by atoms with Gasteiger partial charge in [0.25, 0.3) is 5.91 Å². The summed E-state index contributed by atoms with van der Waals surface area (Å²) >= 11 is 0. The number of carboxylic acids is 1. The van der Waals surface area contributed by atoms with E-state index in [4.69, 9.17) is 14.6 Å². The van der Waals surface area contributed by atoms with Crippen LogP contribution in [0.1, 0.15) is 44.6 Å². The summed E-state index contributed by atoms with van der Waals surface area (Å²) in [7, 11) is 0. The van der Waals surface area contributed by atoms with Gasteiger partial charge < -0.3 is 19.5 Å². The van der Waals surface area contributed by atoms with Crippen molar-refractivity contribution in [3.8, 4) is 11.5 Å². The molecule has 6 nitrogen and oxygen atoms in total. The van der Waals surface area contributed by atoms with Crippen molar-refractivity contribution < 1.29 is 33.0 Å². The second-order valence-corrected chi connectivity index (χ2v) is 8.26. The molecule has 0 saturated heterocycles. The number of amides is 1. The fourth-order valence-electron chi connectivity index (χ4n) is 3.80. The second kappa shape index (κ2) is 11.1. The number of anilines is 1. The van der Waals surface area contributed by atoms with E-state index in [2.05, 4.69) is 0 Å². The summed E-state index contributed by atoms with van der Waals surface area (Å²) in [4.78, 5) is 25.8. The highest BCUT2D eigenvalue weighted by Gasteiger charge is 2.34. The minimum absolute atomic E-state index is 0.153. The standard InChI is InChI=1S/C25H29F2NO5/c1-25(26,27)14-7-2-8-15-28-19-10-4-6-12-21(19)33-22(24(28)31)13-16-32-20-11-5-3-9-18(20)17-23(29)30/h3-6,9-12,22H,2,7-8,13-17H2,1H3,(H,29,30). The van der Waals surface area contributed by atoms with Gasteiger partial charge in [-0.3, -0.25) is 9.59 Å². The van der Waals surface area contributed by atoms with E-state index in [1.165, 1.54) is 0 Å². The first kappa shape index (κ1) is 24.5. The summed E-state index contributed by atoms with van der Waals surface area (Å²) in [6.45, 7) is 1.52. The van der Waals surface area contributed by atoms with Crippen LogP contribution in [0.4, 0.5) is 14.5 Å². The molecule has 0 saturated carbocycles. The second-order valence-electron chi connectivity index (χ2n) is 8.26. The average molecular weight is 462 g/mol. The number of hydrogen-bond donors (Lipinski definition) is 1. The molecule has 0 bridgehead atoms. The van der Waals surface area contributed by atoms with Crippen molar-refractivity contribution in [2.45, 2.75) is 57.5 Å². The smallest absolute Gasteiger partial charge is 0.307 e. The highest BCUT2D eigenvalue weighted by Crippen LogP contribution is 2.35. The Morgan fingerprint density at radius 3 is 2.61 bits per heavy atom. The largest absolute Gasteiger partial charge is 0.493 e. The molecule has 2 aromatic rings. The number of carbonyl (C=O) groups excluding carboxylic acids is 1. The molecule has 1 unspecified atom stereocenters. The maximum atomic E-state index is 13.1. The summed E-state index contributed by atoms with van der Waals surface area (Å²) in [6, 6.07) is 14.1. The first-order chi connectivity index (χ1) is 15.7. The van der Waals surface area contributed by atoms with Gasteiger partial charge in [0.2, 0.25) is 5.92 Å². The summed E-state index contributed by atoms with van der Waals surface area (Å²) in [5, 5.41) is 9.06. The molecule has 0 spiro atoms. The van der Waals surface area contributed by atoms with Crippen LogP contribution in [0.25, 0.3) is 0 Å². The first-order valence-electron chi connectivity index (χ1n) is 11.1. The topological polar surface area (TPSA) is 76.1 Å². The van der Waals surface area contributed by atoms with E-state index >= 15 is 0 Å². The molecule has 0 aliphatic carbocycles. The van der Waals surface area contributed by atoms with Gasteiger partial charge >= 0.3 is 5.97 Å². The van der Waals surface area contributed by atoms with Crippen LogP contribution in [-0.2, 0) is 16.0 Å². The van der Waals surface area contributed by atoms with Gasteiger partial charge in [0, 0.05) is 24.9 Å². The molecule has 1 atom stereocenters. The zero-order valence-electron chi connectivity index (χ0n) is 18.6. The SMILES string of the molecule is CC(F)(F)CCCCCN1C(=O)C(CCOc2ccccc2CC(=O)O)Oc2ccccc21. The minimum atomic E-state index is -2.67. The molecule has 33 heavy (non-hydrogen) atoms. The molecule has 1 heterocycles. The molecule has 1 N–H and O–H groups in total. The first-order valence-corrected chi connectivity index (χ1v) is 11.1. The highest BCUT2D eigenvalue weighted by molar-refractivity contribution is 6.00. The van der Waals surface area contributed by atoms with Crippen molar-refractivity contribution in [1.29, 1.82) is 0 Å². The molecule has 0 radical (unpaired) electrons. The highest BCUT2D eigenvalue weighted by atomic mass is 19.3. The van der Waals surface area contributed by atoms with Gasteiger partial charge in [0.05, 0.1) is 18.7 Å². The quantitative estimate of drug-likeness (QED) is 0.446. The molecular weight excluding hydrogens is 432 g/mol. The Morgan fingerprint density at radius 1 is 1.12 bits per heavy atom. The zero-order valence-corrected chi connectivity index (χ0v) is 18.6. The fourth-order valence-corrected chi connectivity index (χ4v) is 3.80. The van der Waals surface area contributed by atoms with Crippen LogP contribution in [-0.4, -0.2) is 42.2 Å².